The summed E-state index contributed by atoms with van der Waals surface area (Å²) in [5, 5.41) is 10.0. The zero-order chi connectivity index (χ0) is 11.8. The van der Waals surface area contributed by atoms with Gasteiger partial charge in [0.15, 0.2) is 0 Å². The molecule has 0 saturated heterocycles. The molecule has 0 N–H and O–H groups in total. The Kier molecular flexibility index (Phi) is 4.06. The minimum absolute atomic E-state index is 0.423. The van der Waals surface area contributed by atoms with Crippen LogP contribution in [0.5, 0.6) is 0 Å². The molecule has 0 aliphatic carbocycles. The molecule has 0 fully saturated rings. The first-order valence-corrected chi connectivity index (χ1v) is 4.05. The van der Waals surface area contributed by atoms with Crippen LogP contribution in [0.25, 0.3) is 31.3 Å². The fraction of sp³-hybridized carbons (Fsp3) is 0.143. The molecular formula is C7H5N9. The second-order valence-corrected chi connectivity index (χ2v) is 2.56. The molecule has 1 aromatic carbocycles. The van der Waals surface area contributed by atoms with Crippen molar-refractivity contribution in [2.45, 2.75) is 6.17 Å². The molecule has 0 aromatic heterocycles. The lowest BCUT2D eigenvalue weighted by Gasteiger charge is -2.03. The van der Waals surface area contributed by atoms with Gasteiger partial charge < -0.3 is 0 Å². The van der Waals surface area contributed by atoms with Crippen molar-refractivity contribution in [1.29, 1.82) is 0 Å². The first-order valence-electron chi connectivity index (χ1n) is 4.05. The fourth-order valence-corrected chi connectivity index (χ4v) is 1.02. The van der Waals surface area contributed by atoms with Crippen LogP contribution in [0.1, 0.15) is 11.7 Å². The largest absolute Gasteiger partial charge is 0.141 e. The highest BCUT2D eigenvalue weighted by molar-refractivity contribution is 5.39. The molecule has 0 heterocycles. The Bertz CT molecular complexity index is 481. The molecule has 0 atom stereocenters. The maximum atomic E-state index is 8.27. The van der Waals surface area contributed by atoms with Crippen molar-refractivity contribution >= 4 is 5.69 Å². The second kappa shape index (κ2) is 5.79. The van der Waals surface area contributed by atoms with Crippen LogP contribution in [0.2, 0.25) is 0 Å². The summed E-state index contributed by atoms with van der Waals surface area (Å²) in [4.78, 5) is 7.75. The zero-order valence-electron chi connectivity index (χ0n) is 7.91. The topological polar surface area (TPSA) is 146 Å². The quantitative estimate of drug-likeness (QED) is 0.401. The van der Waals surface area contributed by atoms with Gasteiger partial charge in [-0.2, -0.15) is 0 Å². The molecule has 0 aliphatic rings. The van der Waals surface area contributed by atoms with Crippen LogP contribution < -0.4 is 0 Å². The lowest BCUT2D eigenvalue weighted by atomic mass is 10.2. The second-order valence-electron chi connectivity index (χ2n) is 2.56. The number of rotatable bonds is 4. The van der Waals surface area contributed by atoms with Gasteiger partial charge in [-0.25, -0.2) is 0 Å². The van der Waals surface area contributed by atoms with Gasteiger partial charge in [-0.05, 0) is 22.2 Å². The minimum atomic E-state index is -0.935. The summed E-state index contributed by atoms with van der Waals surface area (Å²) in [6.07, 6.45) is -0.935. The molecule has 0 saturated carbocycles. The third kappa shape index (κ3) is 2.83. The van der Waals surface area contributed by atoms with Crippen molar-refractivity contribution in [3.05, 3.63) is 61.2 Å². The summed E-state index contributed by atoms with van der Waals surface area (Å²) in [7, 11) is 0. The average molecular weight is 215 g/mol. The van der Waals surface area contributed by atoms with E-state index in [1.807, 2.05) is 0 Å². The first kappa shape index (κ1) is 11.2. The molecule has 78 valence electrons. The molecule has 9 nitrogen and oxygen atoms in total. The molecule has 0 radical (unpaired) electrons. The van der Waals surface area contributed by atoms with Gasteiger partial charge in [0, 0.05) is 20.4 Å². The van der Waals surface area contributed by atoms with Crippen molar-refractivity contribution in [2.75, 3.05) is 0 Å². The molecule has 0 unspecified atom stereocenters. The lowest BCUT2D eigenvalue weighted by molar-refractivity contribution is 0.757. The highest BCUT2D eigenvalue weighted by Gasteiger charge is 2.05. The minimum Gasteiger partial charge on any atom is -0.0798 e. The van der Waals surface area contributed by atoms with Crippen molar-refractivity contribution in [3.63, 3.8) is 0 Å². The smallest absolute Gasteiger partial charge is 0.0798 e. The Balaban J connectivity index is 3.06. The molecule has 0 amide bonds. The SMILES string of the molecule is [N-]=[N+]=Nc1ccc(C(N=[N+]=[N-])N=[N+]=[N-])cc1. The standard InChI is InChI=1S/C7H5N9/c8-14-11-6-3-1-5(2-4-6)7(12-15-9)13-16-10/h1-4,7H. The third-order valence-corrected chi connectivity index (χ3v) is 1.67. The summed E-state index contributed by atoms with van der Waals surface area (Å²) in [5.41, 5.74) is 25.7. The van der Waals surface area contributed by atoms with E-state index in [1.54, 1.807) is 12.1 Å². The Labute approximate surface area is 89.2 Å². The molecule has 1 rings (SSSR count). The van der Waals surface area contributed by atoms with Crippen LogP contribution in [0.4, 0.5) is 5.69 Å². The highest BCUT2D eigenvalue weighted by Crippen LogP contribution is 2.22. The maximum Gasteiger partial charge on any atom is 0.141 e. The number of nitrogens with zero attached hydrogens (tertiary/aromatic N) is 9. The Hall–Kier alpha value is -2.85. The van der Waals surface area contributed by atoms with Crippen LogP contribution in [0.15, 0.2) is 39.6 Å². The van der Waals surface area contributed by atoms with Crippen LogP contribution in [-0.2, 0) is 0 Å². The van der Waals surface area contributed by atoms with Gasteiger partial charge in [0.05, 0.1) is 0 Å². The maximum absolute atomic E-state index is 8.27. The van der Waals surface area contributed by atoms with E-state index >= 15 is 0 Å². The van der Waals surface area contributed by atoms with E-state index < -0.39 is 6.17 Å². The molecule has 16 heavy (non-hydrogen) atoms. The molecule has 9 heteroatoms. The predicted molar refractivity (Wildman–Crippen MR) is 56.3 cm³/mol. The first-order chi connectivity index (χ1) is 7.81. The van der Waals surface area contributed by atoms with Gasteiger partial charge in [-0.15, -0.1) is 0 Å². The van der Waals surface area contributed by atoms with Crippen molar-refractivity contribution in [2.24, 2.45) is 15.3 Å². The van der Waals surface area contributed by atoms with Crippen LogP contribution in [0.3, 0.4) is 0 Å². The van der Waals surface area contributed by atoms with E-state index in [0.29, 0.717) is 11.3 Å². The van der Waals surface area contributed by atoms with Gasteiger partial charge in [-0.1, -0.05) is 39.6 Å². The van der Waals surface area contributed by atoms with Gasteiger partial charge >= 0.3 is 0 Å². The predicted octanol–water partition coefficient (Wildman–Crippen LogP) is 4.25. The molecule has 0 aliphatic heterocycles. The molecular weight excluding hydrogens is 210 g/mol. The van der Waals surface area contributed by atoms with Crippen LogP contribution in [-0.4, -0.2) is 0 Å². The van der Waals surface area contributed by atoms with Gasteiger partial charge in [-0.3, -0.25) is 0 Å². The average Bonchev–Trinajstić information content (AvgIpc) is 2.30. The fourth-order valence-electron chi connectivity index (χ4n) is 1.02. The van der Waals surface area contributed by atoms with E-state index in [4.69, 9.17) is 16.6 Å². The zero-order valence-corrected chi connectivity index (χ0v) is 7.91. The van der Waals surface area contributed by atoms with E-state index in [2.05, 4.69) is 30.1 Å². The number of benzene rings is 1. The number of azide groups is 2. The van der Waals surface area contributed by atoms with Crippen molar-refractivity contribution in [3.8, 4) is 0 Å². The van der Waals surface area contributed by atoms with Crippen molar-refractivity contribution in [1.82, 2.24) is 0 Å². The van der Waals surface area contributed by atoms with Gasteiger partial charge in [0.2, 0.25) is 0 Å². The van der Waals surface area contributed by atoms with E-state index in [0.717, 1.165) is 0 Å². The summed E-state index contributed by atoms with van der Waals surface area (Å²) in [6, 6.07) is 6.17. The summed E-state index contributed by atoms with van der Waals surface area (Å²) < 4.78 is 0. The highest BCUT2D eigenvalue weighted by atomic mass is 15.3. The monoisotopic (exact) mass is 215 g/mol. The van der Waals surface area contributed by atoms with Gasteiger partial charge in [0.1, 0.15) is 6.17 Å². The van der Waals surface area contributed by atoms with E-state index in [-0.39, 0.29) is 0 Å². The van der Waals surface area contributed by atoms with E-state index in [9.17, 15) is 0 Å². The van der Waals surface area contributed by atoms with E-state index in [1.165, 1.54) is 12.1 Å². The van der Waals surface area contributed by atoms with Crippen LogP contribution in [0, 0.1) is 0 Å². The number of hydrogen-bond acceptors (Lipinski definition) is 3. The normalized spacial score (nSPS) is 10.2. The summed E-state index contributed by atoms with van der Waals surface area (Å²) >= 11 is 0. The third-order valence-electron chi connectivity index (χ3n) is 1.67. The summed E-state index contributed by atoms with van der Waals surface area (Å²) in [5.74, 6) is 0. The van der Waals surface area contributed by atoms with Crippen molar-refractivity contribution < 1.29 is 0 Å². The number of hydrogen-bond donors (Lipinski definition) is 0. The molecule has 1 aromatic rings. The lowest BCUT2D eigenvalue weighted by Crippen LogP contribution is -1.87. The Morgan fingerprint density at radius 2 is 1.44 bits per heavy atom. The Morgan fingerprint density at radius 1 is 0.875 bits per heavy atom. The molecule has 0 bridgehead atoms. The van der Waals surface area contributed by atoms with Crippen LogP contribution >= 0.6 is 0 Å². The van der Waals surface area contributed by atoms with Gasteiger partial charge in [0.25, 0.3) is 0 Å². The molecule has 0 spiro atoms. The Morgan fingerprint density at radius 3 is 1.88 bits per heavy atom. The summed E-state index contributed by atoms with van der Waals surface area (Å²) in [6.45, 7) is 0.